The van der Waals surface area contributed by atoms with Gasteiger partial charge in [-0.3, -0.25) is 10.2 Å². The first-order chi connectivity index (χ1) is 6.96. The van der Waals surface area contributed by atoms with Gasteiger partial charge in [0.05, 0.1) is 18.6 Å². The van der Waals surface area contributed by atoms with Crippen molar-refractivity contribution in [3.63, 3.8) is 0 Å². The molecule has 0 bridgehead atoms. The van der Waals surface area contributed by atoms with Crippen molar-refractivity contribution in [2.24, 2.45) is 5.41 Å². The molecule has 2 aliphatic rings. The molecule has 86 valence electrons. The molecule has 6 heteroatoms. The summed E-state index contributed by atoms with van der Waals surface area (Å²) in [5.74, 6) is -0.102. The Balaban J connectivity index is 1.87. The second kappa shape index (κ2) is 3.77. The average molecular weight is 253 g/mol. The number of ether oxygens (including phenoxy) is 1. The fourth-order valence-corrected chi connectivity index (χ4v) is 2.29. The summed E-state index contributed by atoms with van der Waals surface area (Å²) in [5.41, 5.74) is 2.18. The van der Waals surface area contributed by atoms with Crippen LogP contribution in [0.1, 0.15) is 13.3 Å². The van der Waals surface area contributed by atoms with Crippen LogP contribution < -0.4 is 5.43 Å². The number of carbonyl (C=O) groups excluding carboxylic acids is 1. The highest BCUT2D eigenvalue weighted by Gasteiger charge is 2.68. The van der Waals surface area contributed by atoms with Crippen LogP contribution in [0.25, 0.3) is 0 Å². The lowest BCUT2D eigenvalue weighted by Crippen LogP contribution is -2.50. The smallest absolute Gasteiger partial charge is 0.243 e. The number of hydrazine groups is 1. The Morgan fingerprint density at radius 1 is 1.40 bits per heavy atom. The molecule has 1 aliphatic heterocycles. The van der Waals surface area contributed by atoms with Gasteiger partial charge in [-0.1, -0.05) is 0 Å². The number of carbonyl (C=O) groups is 1. The fraction of sp³-hybridized carbons (Fsp3) is 0.889. The number of rotatable bonds is 2. The third-order valence-electron chi connectivity index (χ3n) is 3.03. The predicted octanol–water partition coefficient (Wildman–Crippen LogP) is 0.934. The highest BCUT2D eigenvalue weighted by molar-refractivity contribution is 6.53. The molecule has 1 heterocycles. The van der Waals surface area contributed by atoms with Gasteiger partial charge in [0, 0.05) is 13.1 Å². The van der Waals surface area contributed by atoms with Gasteiger partial charge in [0.15, 0.2) is 0 Å². The van der Waals surface area contributed by atoms with E-state index in [4.69, 9.17) is 27.9 Å². The van der Waals surface area contributed by atoms with Gasteiger partial charge in [0.1, 0.15) is 4.33 Å². The Morgan fingerprint density at radius 3 is 2.40 bits per heavy atom. The number of nitrogens with one attached hydrogen (secondary N) is 1. The summed E-state index contributed by atoms with van der Waals surface area (Å²) >= 11 is 11.8. The summed E-state index contributed by atoms with van der Waals surface area (Å²) in [4.78, 5) is 11.8. The Hall–Kier alpha value is -0.0300. The lowest BCUT2D eigenvalue weighted by atomic mass is 10.1. The van der Waals surface area contributed by atoms with E-state index in [0.29, 0.717) is 32.7 Å². The van der Waals surface area contributed by atoms with Crippen LogP contribution in [-0.4, -0.2) is 41.6 Å². The van der Waals surface area contributed by atoms with Gasteiger partial charge < -0.3 is 4.74 Å². The van der Waals surface area contributed by atoms with E-state index in [0.717, 1.165) is 0 Å². The summed E-state index contributed by atoms with van der Waals surface area (Å²) in [6.45, 7) is 4.48. The highest BCUT2D eigenvalue weighted by atomic mass is 35.5. The second-order valence-electron chi connectivity index (χ2n) is 4.25. The highest BCUT2D eigenvalue weighted by Crippen LogP contribution is 2.63. The Kier molecular flexibility index (Phi) is 2.88. The summed E-state index contributed by atoms with van der Waals surface area (Å²) in [6.07, 6.45) is 0.513. The van der Waals surface area contributed by atoms with Crippen LogP contribution in [-0.2, 0) is 9.53 Å². The maximum absolute atomic E-state index is 11.8. The van der Waals surface area contributed by atoms with Gasteiger partial charge in [0.25, 0.3) is 0 Å². The average Bonchev–Trinajstić information content (AvgIpc) is 2.69. The van der Waals surface area contributed by atoms with Crippen LogP contribution in [0.5, 0.6) is 0 Å². The number of hydrogen-bond donors (Lipinski definition) is 1. The molecule has 4 nitrogen and oxygen atoms in total. The molecule has 0 aromatic carbocycles. The molecule has 1 N–H and O–H groups in total. The van der Waals surface area contributed by atoms with E-state index in [2.05, 4.69) is 5.43 Å². The molecule has 1 saturated carbocycles. The molecule has 1 saturated heterocycles. The van der Waals surface area contributed by atoms with Crippen molar-refractivity contribution in [3.05, 3.63) is 0 Å². The lowest BCUT2D eigenvalue weighted by molar-refractivity contribution is -0.132. The quantitative estimate of drug-likeness (QED) is 0.744. The van der Waals surface area contributed by atoms with Gasteiger partial charge in [0.2, 0.25) is 5.91 Å². The predicted molar refractivity (Wildman–Crippen MR) is 57.7 cm³/mol. The molecule has 15 heavy (non-hydrogen) atoms. The standard InChI is InChI=1S/C9H14Cl2N2O2/c1-8(6-9(8,10)11)7(14)12-13-2-4-15-5-3-13/h2-6H2,1H3,(H,12,14). The van der Waals surface area contributed by atoms with Crippen molar-refractivity contribution in [2.75, 3.05) is 26.3 Å². The van der Waals surface area contributed by atoms with Gasteiger partial charge in [-0.25, -0.2) is 5.01 Å². The molecule has 2 rings (SSSR count). The summed E-state index contributed by atoms with van der Waals surface area (Å²) < 4.78 is 4.28. The fourth-order valence-electron chi connectivity index (χ4n) is 1.59. The normalized spacial score (nSPS) is 34.9. The zero-order valence-corrected chi connectivity index (χ0v) is 10.1. The van der Waals surface area contributed by atoms with E-state index in [1.165, 1.54) is 0 Å². The molecule has 1 aliphatic carbocycles. The maximum atomic E-state index is 11.8. The van der Waals surface area contributed by atoms with Crippen LogP contribution in [0.4, 0.5) is 0 Å². The van der Waals surface area contributed by atoms with Gasteiger partial charge in [-0.15, -0.1) is 23.2 Å². The first kappa shape index (κ1) is 11.5. The summed E-state index contributed by atoms with van der Waals surface area (Å²) in [7, 11) is 0. The van der Waals surface area contributed by atoms with Gasteiger partial charge in [-0.05, 0) is 13.3 Å². The molecule has 0 aromatic rings. The van der Waals surface area contributed by atoms with E-state index in [9.17, 15) is 4.79 Å². The van der Waals surface area contributed by atoms with Crippen LogP contribution in [0.2, 0.25) is 0 Å². The topological polar surface area (TPSA) is 41.6 Å². The van der Waals surface area contributed by atoms with Crippen LogP contribution in [0, 0.1) is 5.41 Å². The lowest BCUT2D eigenvalue weighted by Gasteiger charge is -2.28. The minimum Gasteiger partial charge on any atom is -0.379 e. The van der Waals surface area contributed by atoms with Crippen molar-refractivity contribution in [3.8, 4) is 0 Å². The van der Waals surface area contributed by atoms with Gasteiger partial charge >= 0.3 is 0 Å². The number of alkyl halides is 2. The molecule has 0 radical (unpaired) electrons. The Labute approximate surface area is 98.8 Å². The first-order valence-electron chi connectivity index (χ1n) is 4.97. The number of morpholine rings is 1. The number of hydrogen-bond acceptors (Lipinski definition) is 3. The van der Waals surface area contributed by atoms with Crippen LogP contribution in [0.15, 0.2) is 0 Å². The van der Waals surface area contributed by atoms with E-state index in [1.807, 2.05) is 5.01 Å². The van der Waals surface area contributed by atoms with Crippen molar-refractivity contribution < 1.29 is 9.53 Å². The number of amides is 1. The minimum absolute atomic E-state index is 0.102. The third kappa shape index (κ3) is 2.09. The van der Waals surface area contributed by atoms with Crippen LogP contribution in [0.3, 0.4) is 0 Å². The molecule has 2 fully saturated rings. The molecular weight excluding hydrogens is 239 g/mol. The van der Waals surface area contributed by atoms with E-state index in [1.54, 1.807) is 6.92 Å². The van der Waals surface area contributed by atoms with E-state index >= 15 is 0 Å². The summed E-state index contributed by atoms with van der Waals surface area (Å²) in [6, 6.07) is 0. The Morgan fingerprint density at radius 2 is 1.93 bits per heavy atom. The van der Waals surface area contributed by atoms with Crippen molar-refractivity contribution in [2.45, 2.75) is 17.7 Å². The van der Waals surface area contributed by atoms with Crippen molar-refractivity contribution in [1.82, 2.24) is 10.4 Å². The van der Waals surface area contributed by atoms with Crippen LogP contribution >= 0.6 is 23.2 Å². The second-order valence-corrected chi connectivity index (χ2v) is 5.74. The first-order valence-corrected chi connectivity index (χ1v) is 5.73. The molecule has 1 amide bonds. The molecule has 1 unspecified atom stereocenters. The van der Waals surface area contributed by atoms with Gasteiger partial charge in [-0.2, -0.15) is 0 Å². The number of halogens is 2. The maximum Gasteiger partial charge on any atom is 0.243 e. The molecule has 0 aromatic heterocycles. The minimum atomic E-state index is -0.899. The molecule has 0 spiro atoms. The Bertz CT molecular complexity index is 279. The van der Waals surface area contributed by atoms with Crippen molar-refractivity contribution >= 4 is 29.1 Å². The number of nitrogens with zero attached hydrogens (tertiary/aromatic N) is 1. The molecular formula is C9H14Cl2N2O2. The van der Waals surface area contributed by atoms with E-state index in [-0.39, 0.29) is 5.91 Å². The third-order valence-corrected chi connectivity index (χ3v) is 4.13. The van der Waals surface area contributed by atoms with Crippen molar-refractivity contribution in [1.29, 1.82) is 0 Å². The van der Waals surface area contributed by atoms with E-state index < -0.39 is 9.75 Å². The zero-order valence-electron chi connectivity index (χ0n) is 8.56. The zero-order chi connectivity index (χ0) is 11.1. The molecule has 1 atom stereocenters. The summed E-state index contributed by atoms with van der Waals surface area (Å²) in [5, 5.41) is 1.85. The largest absolute Gasteiger partial charge is 0.379 e. The monoisotopic (exact) mass is 252 g/mol. The SMILES string of the molecule is CC1(C(=O)NN2CCOCC2)CC1(Cl)Cl.